The summed E-state index contributed by atoms with van der Waals surface area (Å²) < 4.78 is 26.9. The van der Waals surface area contributed by atoms with Gasteiger partial charge in [0.25, 0.3) is 0 Å². The van der Waals surface area contributed by atoms with Gasteiger partial charge < -0.3 is 10.4 Å². The minimum Gasteiger partial charge on any atom is -0.395 e. The molecule has 2 rings (SSSR count). The standard InChI is InChI=1S/C15H19F2NO2S/c1-8(13(7-19)21-2)18-15(20)11-6-10(11)9-4-3-5-12(16)14(9)17/h3-5,8,10-11,13,19H,6-7H2,1-2H3,(H,18,20). The van der Waals surface area contributed by atoms with Gasteiger partial charge >= 0.3 is 0 Å². The number of halogens is 2. The van der Waals surface area contributed by atoms with Crippen molar-refractivity contribution in [3.63, 3.8) is 0 Å². The molecule has 1 aliphatic rings. The van der Waals surface area contributed by atoms with E-state index in [0.29, 0.717) is 6.42 Å². The molecule has 3 nitrogen and oxygen atoms in total. The molecule has 0 aliphatic heterocycles. The third-order valence-electron chi connectivity index (χ3n) is 3.92. The Balaban J connectivity index is 1.97. The molecule has 1 aromatic rings. The number of carbonyl (C=O) groups excluding carboxylic acids is 1. The molecule has 1 saturated carbocycles. The smallest absolute Gasteiger partial charge is 0.223 e. The van der Waals surface area contributed by atoms with Gasteiger partial charge in [-0.25, -0.2) is 8.78 Å². The summed E-state index contributed by atoms with van der Waals surface area (Å²) in [5.41, 5.74) is 0.270. The van der Waals surface area contributed by atoms with Crippen molar-refractivity contribution in [1.82, 2.24) is 5.32 Å². The Hall–Kier alpha value is -1.14. The number of benzene rings is 1. The molecule has 0 heterocycles. The molecule has 116 valence electrons. The van der Waals surface area contributed by atoms with Crippen molar-refractivity contribution in [3.8, 4) is 0 Å². The first-order valence-electron chi connectivity index (χ1n) is 6.87. The third-order valence-corrected chi connectivity index (χ3v) is 5.08. The van der Waals surface area contributed by atoms with Gasteiger partial charge in [0.1, 0.15) is 0 Å². The van der Waals surface area contributed by atoms with Crippen LogP contribution in [0.15, 0.2) is 18.2 Å². The first kappa shape index (κ1) is 16.2. The molecule has 0 radical (unpaired) electrons. The molecule has 1 fully saturated rings. The second-order valence-corrected chi connectivity index (χ2v) is 6.42. The van der Waals surface area contributed by atoms with Crippen LogP contribution in [0.2, 0.25) is 0 Å². The van der Waals surface area contributed by atoms with E-state index in [0.717, 1.165) is 6.07 Å². The Bertz CT molecular complexity index is 522. The number of aliphatic hydroxyl groups excluding tert-OH is 1. The number of carbonyl (C=O) groups is 1. The maximum absolute atomic E-state index is 13.7. The van der Waals surface area contributed by atoms with Crippen molar-refractivity contribution in [1.29, 1.82) is 0 Å². The van der Waals surface area contributed by atoms with Crippen LogP contribution in [0.3, 0.4) is 0 Å². The summed E-state index contributed by atoms with van der Waals surface area (Å²) in [6.45, 7) is 1.81. The largest absolute Gasteiger partial charge is 0.395 e. The highest BCUT2D eigenvalue weighted by atomic mass is 32.2. The van der Waals surface area contributed by atoms with E-state index >= 15 is 0 Å². The lowest BCUT2D eigenvalue weighted by molar-refractivity contribution is -0.123. The Labute approximate surface area is 127 Å². The van der Waals surface area contributed by atoms with E-state index < -0.39 is 11.6 Å². The van der Waals surface area contributed by atoms with Crippen molar-refractivity contribution in [2.24, 2.45) is 5.92 Å². The van der Waals surface area contributed by atoms with Crippen LogP contribution >= 0.6 is 11.8 Å². The number of amides is 1. The quantitative estimate of drug-likeness (QED) is 0.847. The predicted molar refractivity (Wildman–Crippen MR) is 79.2 cm³/mol. The molecular weight excluding hydrogens is 296 g/mol. The molecule has 0 saturated heterocycles. The van der Waals surface area contributed by atoms with Crippen molar-refractivity contribution >= 4 is 17.7 Å². The van der Waals surface area contributed by atoms with Crippen LogP contribution < -0.4 is 5.32 Å². The summed E-state index contributed by atoms with van der Waals surface area (Å²) in [4.78, 5) is 12.1. The molecule has 21 heavy (non-hydrogen) atoms. The minimum absolute atomic E-state index is 0.0186. The summed E-state index contributed by atoms with van der Waals surface area (Å²) in [5, 5.41) is 12.0. The van der Waals surface area contributed by atoms with Crippen molar-refractivity contribution in [2.45, 2.75) is 30.6 Å². The summed E-state index contributed by atoms with van der Waals surface area (Å²) >= 11 is 1.48. The summed E-state index contributed by atoms with van der Waals surface area (Å²) in [6.07, 6.45) is 2.40. The number of rotatable bonds is 6. The molecule has 0 aromatic heterocycles. The molecule has 1 aromatic carbocycles. The Morgan fingerprint density at radius 3 is 2.86 bits per heavy atom. The van der Waals surface area contributed by atoms with Crippen molar-refractivity contribution in [2.75, 3.05) is 12.9 Å². The SMILES string of the molecule is CSC(CO)C(C)NC(=O)C1CC1c1cccc(F)c1F. The van der Waals surface area contributed by atoms with Gasteiger partial charge in [-0.1, -0.05) is 12.1 Å². The molecule has 1 amide bonds. The number of nitrogens with one attached hydrogen (secondary N) is 1. The first-order valence-corrected chi connectivity index (χ1v) is 8.16. The van der Waals surface area contributed by atoms with Crippen LogP contribution in [0.25, 0.3) is 0 Å². The second-order valence-electron chi connectivity index (χ2n) is 5.35. The van der Waals surface area contributed by atoms with E-state index in [1.165, 1.54) is 23.9 Å². The molecular formula is C15H19F2NO2S. The van der Waals surface area contributed by atoms with Crippen molar-refractivity contribution in [3.05, 3.63) is 35.4 Å². The monoisotopic (exact) mass is 315 g/mol. The zero-order chi connectivity index (χ0) is 15.6. The van der Waals surface area contributed by atoms with Gasteiger partial charge in [0.2, 0.25) is 5.91 Å². The number of aliphatic hydroxyl groups is 1. The van der Waals surface area contributed by atoms with E-state index in [-0.39, 0.29) is 41.2 Å². The predicted octanol–water partition coefficient (Wildman–Crippen LogP) is 2.30. The van der Waals surface area contributed by atoms with Gasteiger partial charge in [-0.3, -0.25) is 4.79 Å². The number of hydrogen-bond acceptors (Lipinski definition) is 3. The number of hydrogen-bond donors (Lipinski definition) is 2. The molecule has 1 aliphatic carbocycles. The van der Waals surface area contributed by atoms with E-state index in [9.17, 15) is 18.7 Å². The van der Waals surface area contributed by atoms with Gasteiger partial charge in [-0.15, -0.1) is 0 Å². The third kappa shape index (κ3) is 3.55. The second kappa shape index (κ2) is 6.75. The summed E-state index contributed by atoms with van der Waals surface area (Å²) in [6, 6.07) is 3.89. The Kier molecular flexibility index (Phi) is 5.22. The zero-order valence-corrected chi connectivity index (χ0v) is 12.8. The fourth-order valence-electron chi connectivity index (χ4n) is 2.50. The highest BCUT2D eigenvalue weighted by Crippen LogP contribution is 2.48. The normalized spacial score (nSPS) is 23.5. The number of thioether (sulfide) groups is 1. The van der Waals surface area contributed by atoms with E-state index in [4.69, 9.17) is 0 Å². The van der Waals surface area contributed by atoms with Gasteiger partial charge in [-0.05, 0) is 37.1 Å². The highest BCUT2D eigenvalue weighted by Gasteiger charge is 2.46. The lowest BCUT2D eigenvalue weighted by Gasteiger charge is -2.21. The maximum Gasteiger partial charge on any atom is 0.223 e. The molecule has 6 heteroatoms. The van der Waals surface area contributed by atoms with Crippen LogP contribution in [0.5, 0.6) is 0 Å². The van der Waals surface area contributed by atoms with Crippen molar-refractivity contribution < 1.29 is 18.7 Å². The van der Waals surface area contributed by atoms with Gasteiger partial charge in [0.05, 0.1) is 6.61 Å². The average molecular weight is 315 g/mol. The van der Waals surface area contributed by atoms with Crippen LogP contribution in [0, 0.1) is 17.6 Å². The Morgan fingerprint density at radius 1 is 1.52 bits per heavy atom. The van der Waals surface area contributed by atoms with Crippen LogP contribution in [0.4, 0.5) is 8.78 Å². The molecule has 4 atom stereocenters. The van der Waals surface area contributed by atoms with Crippen LogP contribution in [-0.4, -0.2) is 35.2 Å². The molecule has 2 N–H and O–H groups in total. The molecule has 0 spiro atoms. The van der Waals surface area contributed by atoms with Crippen LogP contribution in [-0.2, 0) is 4.79 Å². The molecule has 4 unspecified atom stereocenters. The van der Waals surface area contributed by atoms with Crippen LogP contribution in [0.1, 0.15) is 24.8 Å². The van der Waals surface area contributed by atoms with E-state index in [2.05, 4.69) is 5.32 Å². The van der Waals surface area contributed by atoms with E-state index in [1.807, 2.05) is 13.2 Å². The summed E-state index contributed by atoms with van der Waals surface area (Å²) in [7, 11) is 0. The van der Waals surface area contributed by atoms with Gasteiger partial charge in [-0.2, -0.15) is 11.8 Å². The fraction of sp³-hybridized carbons (Fsp3) is 0.533. The van der Waals surface area contributed by atoms with Gasteiger partial charge in [0, 0.05) is 17.2 Å². The molecule has 0 bridgehead atoms. The average Bonchev–Trinajstić information content (AvgIpc) is 3.23. The fourth-order valence-corrected chi connectivity index (χ4v) is 3.12. The lowest BCUT2D eigenvalue weighted by Crippen LogP contribution is -2.42. The first-order chi connectivity index (χ1) is 9.99. The van der Waals surface area contributed by atoms with E-state index in [1.54, 1.807) is 0 Å². The minimum atomic E-state index is -0.880. The zero-order valence-electron chi connectivity index (χ0n) is 12.0. The topological polar surface area (TPSA) is 49.3 Å². The summed E-state index contributed by atoms with van der Waals surface area (Å²) in [5.74, 6) is -2.47. The lowest BCUT2D eigenvalue weighted by atomic mass is 10.1. The highest BCUT2D eigenvalue weighted by molar-refractivity contribution is 7.99. The van der Waals surface area contributed by atoms with Gasteiger partial charge in [0.15, 0.2) is 11.6 Å². The Morgan fingerprint density at radius 2 is 2.24 bits per heavy atom. The maximum atomic E-state index is 13.7.